The molecule has 1 fully saturated rings. The molecule has 0 aliphatic carbocycles. The fourth-order valence-electron chi connectivity index (χ4n) is 4.52. The number of hydrogen-bond donors (Lipinski definition) is 0. The van der Waals surface area contributed by atoms with Crippen LogP contribution >= 0.6 is 11.6 Å². The van der Waals surface area contributed by atoms with Gasteiger partial charge in [-0.2, -0.15) is 5.10 Å². The second-order valence-corrected chi connectivity index (χ2v) is 8.45. The Kier molecular flexibility index (Phi) is 3.95. The quantitative estimate of drug-likeness (QED) is 0.721. The van der Waals surface area contributed by atoms with E-state index in [1.165, 1.54) is 11.1 Å². The summed E-state index contributed by atoms with van der Waals surface area (Å²) in [5, 5.41) is 8.13. The summed E-state index contributed by atoms with van der Waals surface area (Å²) in [6, 6.07) is 14.8. The summed E-state index contributed by atoms with van der Waals surface area (Å²) in [6.07, 6.45) is 2.83. The number of halogens is 1. The van der Waals surface area contributed by atoms with Gasteiger partial charge in [-0.05, 0) is 37.7 Å². The van der Waals surface area contributed by atoms with E-state index in [1.807, 2.05) is 12.1 Å². The molecular formula is C22H24ClN3O. The van der Waals surface area contributed by atoms with Crippen molar-refractivity contribution < 1.29 is 4.74 Å². The third-order valence-corrected chi connectivity index (χ3v) is 6.35. The van der Waals surface area contributed by atoms with E-state index in [1.54, 1.807) is 0 Å². The van der Waals surface area contributed by atoms with Gasteiger partial charge in [0.15, 0.2) is 0 Å². The summed E-state index contributed by atoms with van der Waals surface area (Å²) in [4.78, 5) is 2.37. The van der Waals surface area contributed by atoms with Gasteiger partial charge in [-0.25, -0.2) is 5.01 Å². The third kappa shape index (κ3) is 2.82. The Morgan fingerprint density at radius 1 is 1.11 bits per heavy atom. The van der Waals surface area contributed by atoms with E-state index in [4.69, 9.17) is 21.4 Å². The van der Waals surface area contributed by atoms with Crippen molar-refractivity contribution in [3.05, 3.63) is 64.2 Å². The Labute approximate surface area is 165 Å². The molecule has 0 unspecified atom stereocenters. The van der Waals surface area contributed by atoms with Crippen LogP contribution in [0, 0.1) is 6.92 Å². The molecule has 0 bridgehead atoms. The Hall–Kier alpha value is -2.04. The van der Waals surface area contributed by atoms with Crippen LogP contribution in [0.5, 0.6) is 5.75 Å². The maximum absolute atomic E-state index is 6.65. The van der Waals surface area contributed by atoms with Gasteiger partial charge in [-0.1, -0.05) is 41.4 Å². The number of likely N-dealkylation sites (tertiary alicyclic amines) is 1. The van der Waals surface area contributed by atoms with Gasteiger partial charge >= 0.3 is 0 Å². The van der Waals surface area contributed by atoms with Crippen LogP contribution in [0.3, 0.4) is 0 Å². The number of aryl methyl sites for hydroxylation is 1. The second-order valence-electron chi connectivity index (χ2n) is 8.01. The molecule has 1 atom stereocenters. The van der Waals surface area contributed by atoms with Crippen LogP contribution in [-0.2, 0) is 0 Å². The van der Waals surface area contributed by atoms with Gasteiger partial charge in [0.05, 0.1) is 11.8 Å². The molecule has 0 radical (unpaired) electrons. The molecule has 140 valence electrons. The number of benzene rings is 2. The summed E-state index contributed by atoms with van der Waals surface area (Å²) >= 11 is 6.08. The standard InChI is InChI=1S/C22H24ClN3O/c1-15-3-8-21-18(13-15)20-14-19(16-4-6-17(23)7-5-16)24-26(20)22(27-21)9-11-25(2)12-10-22/h3-8,13,20H,9-12,14H2,1-2H3/t20-/m0/s1. The van der Waals surface area contributed by atoms with Crippen molar-refractivity contribution in [3.8, 4) is 5.75 Å². The van der Waals surface area contributed by atoms with Gasteiger partial charge in [-0.15, -0.1) is 0 Å². The molecule has 0 saturated carbocycles. The molecule has 1 spiro atoms. The van der Waals surface area contributed by atoms with Crippen molar-refractivity contribution in [1.29, 1.82) is 0 Å². The largest absolute Gasteiger partial charge is 0.466 e. The summed E-state index contributed by atoms with van der Waals surface area (Å²) in [6.45, 7) is 4.19. The monoisotopic (exact) mass is 381 g/mol. The van der Waals surface area contributed by atoms with Crippen LogP contribution in [0.2, 0.25) is 5.02 Å². The summed E-state index contributed by atoms with van der Waals surface area (Å²) in [5.41, 5.74) is 4.44. The van der Waals surface area contributed by atoms with Crippen molar-refractivity contribution in [2.75, 3.05) is 20.1 Å². The van der Waals surface area contributed by atoms with Crippen LogP contribution in [0.4, 0.5) is 0 Å². The lowest BCUT2D eigenvalue weighted by Crippen LogP contribution is -2.58. The van der Waals surface area contributed by atoms with Crippen LogP contribution in [0.15, 0.2) is 47.6 Å². The maximum Gasteiger partial charge on any atom is 0.200 e. The first-order valence-electron chi connectivity index (χ1n) is 9.65. The molecule has 3 aliphatic heterocycles. The fourth-order valence-corrected chi connectivity index (χ4v) is 4.64. The molecule has 3 heterocycles. The number of hydrazone groups is 1. The third-order valence-electron chi connectivity index (χ3n) is 6.10. The first-order valence-corrected chi connectivity index (χ1v) is 10.0. The molecule has 0 aromatic heterocycles. The van der Waals surface area contributed by atoms with Crippen molar-refractivity contribution in [2.45, 2.75) is 38.0 Å². The SMILES string of the molecule is Cc1ccc2c(c1)[C@@H]1CC(c3ccc(Cl)cc3)=NN1C1(CCN(C)CC1)O2. The summed E-state index contributed by atoms with van der Waals surface area (Å²) < 4.78 is 6.65. The minimum Gasteiger partial charge on any atom is -0.466 e. The van der Waals surface area contributed by atoms with Gasteiger partial charge in [0, 0.05) is 42.9 Å². The summed E-state index contributed by atoms with van der Waals surface area (Å²) in [5.74, 6) is 1.03. The molecule has 2 aromatic rings. The predicted octanol–water partition coefficient (Wildman–Crippen LogP) is 4.61. The molecule has 0 amide bonds. The van der Waals surface area contributed by atoms with E-state index in [0.717, 1.165) is 54.4 Å². The highest BCUT2D eigenvalue weighted by Crippen LogP contribution is 2.50. The highest BCUT2D eigenvalue weighted by molar-refractivity contribution is 6.30. The molecule has 3 aliphatic rings. The zero-order valence-electron chi connectivity index (χ0n) is 15.8. The fraction of sp³-hybridized carbons (Fsp3) is 0.409. The zero-order valence-corrected chi connectivity index (χ0v) is 16.5. The van der Waals surface area contributed by atoms with Crippen LogP contribution in [0.1, 0.15) is 42.0 Å². The first kappa shape index (κ1) is 17.1. The average Bonchev–Trinajstić information content (AvgIpc) is 3.12. The van der Waals surface area contributed by atoms with Crippen molar-refractivity contribution in [1.82, 2.24) is 9.91 Å². The van der Waals surface area contributed by atoms with E-state index in [9.17, 15) is 0 Å². The molecule has 5 heteroatoms. The Bertz CT molecular complexity index is 900. The number of rotatable bonds is 1. The van der Waals surface area contributed by atoms with Crippen LogP contribution < -0.4 is 4.74 Å². The lowest BCUT2D eigenvalue weighted by Gasteiger charge is -2.50. The van der Waals surface area contributed by atoms with Crippen molar-refractivity contribution in [3.63, 3.8) is 0 Å². The number of nitrogens with zero attached hydrogens (tertiary/aromatic N) is 3. The van der Waals surface area contributed by atoms with Crippen LogP contribution in [-0.4, -0.2) is 41.5 Å². The van der Waals surface area contributed by atoms with E-state index >= 15 is 0 Å². The van der Waals surface area contributed by atoms with E-state index in [2.05, 4.69) is 54.2 Å². The molecule has 5 rings (SSSR count). The highest BCUT2D eigenvalue weighted by Gasteiger charge is 2.51. The minimum absolute atomic E-state index is 0.239. The molecular weight excluding hydrogens is 358 g/mol. The minimum atomic E-state index is -0.340. The van der Waals surface area contributed by atoms with E-state index < -0.39 is 0 Å². The van der Waals surface area contributed by atoms with Gasteiger partial charge in [0.1, 0.15) is 5.75 Å². The first-order chi connectivity index (χ1) is 13.0. The molecule has 2 aromatic carbocycles. The Morgan fingerprint density at radius 2 is 1.85 bits per heavy atom. The lowest BCUT2D eigenvalue weighted by atomic mass is 9.90. The van der Waals surface area contributed by atoms with Crippen LogP contribution in [0.25, 0.3) is 0 Å². The van der Waals surface area contributed by atoms with Gasteiger partial charge < -0.3 is 9.64 Å². The van der Waals surface area contributed by atoms with Gasteiger partial charge in [0.2, 0.25) is 5.72 Å². The number of fused-ring (bicyclic) bond motifs is 4. The van der Waals surface area contributed by atoms with Crippen molar-refractivity contribution >= 4 is 17.3 Å². The summed E-state index contributed by atoms with van der Waals surface area (Å²) in [7, 11) is 2.18. The molecule has 4 nitrogen and oxygen atoms in total. The average molecular weight is 382 g/mol. The molecule has 27 heavy (non-hydrogen) atoms. The normalized spacial score (nSPS) is 23.6. The Balaban J connectivity index is 1.58. The second kappa shape index (κ2) is 6.25. The topological polar surface area (TPSA) is 28.1 Å². The number of ether oxygens (including phenoxy) is 1. The van der Waals surface area contributed by atoms with E-state index in [0.29, 0.717) is 0 Å². The number of piperidine rings is 1. The lowest BCUT2D eigenvalue weighted by molar-refractivity contribution is -0.147. The number of hydrogen-bond acceptors (Lipinski definition) is 4. The van der Waals surface area contributed by atoms with E-state index in [-0.39, 0.29) is 11.8 Å². The molecule has 0 N–H and O–H groups in total. The zero-order chi connectivity index (χ0) is 18.6. The Morgan fingerprint density at radius 3 is 2.59 bits per heavy atom. The van der Waals surface area contributed by atoms with Crippen molar-refractivity contribution in [2.24, 2.45) is 5.10 Å². The van der Waals surface area contributed by atoms with Gasteiger partial charge in [-0.3, -0.25) is 0 Å². The maximum atomic E-state index is 6.65. The smallest absolute Gasteiger partial charge is 0.200 e. The van der Waals surface area contributed by atoms with Gasteiger partial charge in [0.25, 0.3) is 0 Å². The highest BCUT2D eigenvalue weighted by atomic mass is 35.5. The molecule has 1 saturated heterocycles. The predicted molar refractivity (Wildman–Crippen MR) is 108 cm³/mol.